The topological polar surface area (TPSA) is 55.1 Å². The van der Waals surface area contributed by atoms with Crippen LogP contribution < -0.4 is 11.1 Å². The second-order valence-corrected chi connectivity index (χ2v) is 7.10. The summed E-state index contributed by atoms with van der Waals surface area (Å²) in [7, 11) is 0. The fourth-order valence-corrected chi connectivity index (χ4v) is 4.70. The minimum absolute atomic E-state index is 0.194. The third-order valence-corrected chi connectivity index (χ3v) is 5.88. The molecule has 1 unspecified atom stereocenters. The van der Waals surface area contributed by atoms with Crippen molar-refractivity contribution in [3.63, 3.8) is 0 Å². The largest absolute Gasteiger partial charge is 0.397 e. The lowest BCUT2D eigenvalue weighted by Crippen LogP contribution is -2.29. The number of benzene rings is 1. The molecular formula is C14H15FN2OS2. The normalized spacial score (nSPS) is 18.6. The number of hydrogen-bond acceptors (Lipinski definition) is 4. The summed E-state index contributed by atoms with van der Waals surface area (Å²) in [6.07, 6.45) is 1.14. The highest BCUT2D eigenvalue weighted by atomic mass is 32.2. The molecule has 1 amide bonds. The van der Waals surface area contributed by atoms with E-state index >= 15 is 0 Å². The number of carbonyl (C=O) groups excluding carboxylic acids is 1. The van der Waals surface area contributed by atoms with Gasteiger partial charge in [-0.3, -0.25) is 4.79 Å². The van der Waals surface area contributed by atoms with Crippen molar-refractivity contribution >= 4 is 44.8 Å². The summed E-state index contributed by atoms with van der Waals surface area (Å²) < 4.78 is 14.5. The molecule has 1 atom stereocenters. The zero-order chi connectivity index (χ0) is 14.1. The number of hydrogen-bond donors (Lipinski definition) is 2. The first-order chi connectivity index (χ1) is 9.66. The summed E-state index contributed by atoms with van der Waals surface area (Å²) in [5.41, 5.74) is 6.18. The van der Waals surface area contributed by atoms with Gasteiger partial charge in [-0.05, 0) is 36.0 Å². The van der Waals surface area contributed by atoms with Gasteiger partial charge >= 0.3 is 0 Å². The van der Waals surface area contributed by atoms with Crippen LogP contribution in [0.3, 0.4) is 0 Å². The lowest BCUT2D eigenvalue weighted by atomic mass is 10.1. The molecule has 106 valence electrons. The third kappa shape index (κ3) is 2.50. The van der Waals surface area contributed by atoms with Crippen molar-refractivity contribution in [2.24, 2.45) is 5.92 Å². The van der Waals surface area contributed by atoms with Crippen LogP contribution >= 0.6 is 23.1 Å². The molecule has 0 spiro atoms. The van der Waals surface area contributed by atoms with Gasteiger partial charge in [-0.15, -0.1) is 11.3 Å². The van der Waals surface area contributed by atoms with Crippen molar-refractivity contribution in [1.29, 1.82) is 0 Å². The molecule has 1 aliphatic heterocycles. The number of nitrogens with one attached hydrogen (secondary N) is 1. The Morgan fingerprint density at radius 2 is 2.35 bits per heavy atom. The molecule has 1 fully saturated rings. The van der Waals surface area contributed by atoms with E-state index < -0.39 is 0 Å². The van der Waals surface area contributed by atoms with Crippen LogP contribution in [0.4, 0.5) is 10.1 Å². The summed E-state index contributed by atoms with van der Waals surface area (Å²) in [4.78, 5) is 12.6. The molecule has 0 saturated carbocycles. The maximum absolute atomic E-state index is 13.7. The second-order valence-electron chi connectivity index (χ2n) is 4.90. The molecule has 1 aromatic heterocycles. The lowest BCUT2D eigenvalue weighted by molar-refractivity contribution is 0.0953. The maximum atomic E-state index is 13.7. The van der Waals surface area contributed by atoms with Crippen LogP contribution in [0.1, 0.15) is 16.1 Å². The molecule has 1 aromatic carbocycles. The Balaban J connectivity index is 1.80. The van der Waals surface area contributed by atoms with Crippen molar-refractivity contribution < 1.29 is 9.18 Å². The van der Waals surface area contributed by atoms with Gasteiger partial charge in [-0.25, -0.2) is 4.39 Å². The molecule has 20 heavy (non-hydrogen) atoms. The predicted molar refractivity (Wildman–Crippen MR) is 84.0 cm³/mol. The zero-order valence-electron chi connectivity index (χ0n) is 10.8. The Morgan fingerprint density at radius 3 is 3.05 bits per heavy atom. The van der Waals surface area contributed by atoms with Crippen LogP contribution in [-0.2, 0) is 0 Å². The maximum Gasteiger partial charge on any atom is 0.263 e. The Kier molecular flexibility index (Phi) is 3.85. The molecule has 1 aliphatic rings. The molecule has 1 saturated heterocycles. The van der Waals surface area contributed by atoms with E-state index in [0.29, 0.717) is 27.4 Å². The van der Waals surface area contributed by atoms with Crippen LogP contribution in [0.5, 0.6) is 0 Å². The Hall–Kier alpha value is -1.27. The molecule has 0 aliphatic carbocycles. The van der Waals surface area contributed by atoms with Gasteiger partial charge in [-0.1, -0.05) is 6.07 Å². The summed E-state index contributed by atoms with van der Waals surface area (Å²) in [5.74, 6) is 2.23. The minimum atomic E-state index is -0.373. The summed E-state index contributed by atoms with van der Waals surface area (Å²) >= 11 is 3.16. The van der Waals surface area contributed by atoms with Gasteiger partial charge in [0.25, 0.3) is 5.91 Å². The average molecular weight is 310 g/mol. The molecule has 2 heterocycles. The Labute approximate surface area is 124 Å². The Morgan fingerprint density at radius 1 is 1.50 bits per heavy atom. The number of halogens is 1. The molecule has 3 rings (SSSR count). The number of nitrogen functional groups attached to an aromatic ring is 1. The van der Waals surface area contributed by atoms with E-state index in [1.165, 1.54) is 17.4 Å². The molecule has 3 nitrogen and oxygen atoms in total. The van der Waals surface area contributed by atoms with Crippen molar-refractivity contribution in [3.05, 3.63) is 28.9 Å². The van der Waals surface area contributed by atoms with E-state index in [1.54, 1.807) is 12.1 Å². The SMILES string of the molecule is Nc1c(C(=O)NCC2CCSC2)sc2cccc(F)c12. The number of rotatable bonds is 3. The fraction of sp³-hybridized carbons (Fsp3) is 0.357. The average Bonchev–Trinajstić information content (AvgIpc) is 3.05. The van der Waals surface area contributed by atoms with E-state index in [-0.39, 0.29) is 17.4 Å². The number of carbonyl (C=O) groups is 1. The third-order valence-electron chi connectivity index (χ3n) is 3.48. The van der Waals surface area contributed by atoms with Crippen LogP contribution in [0, 0.1) is 11.7 Å². The van der Waals surface area contributed by atoms with Gasteiger partial charge in [0.05, 0.1) is 11.1 Å². The van der Waals surface area contributed by atoms with Gasteiger partial charge in [0, 0.05) is 11.2 Å². The van der Waals surface area contributed by atoms with Crippen molar-refractivity contribution in [3.8, 4) is 0 Å². The number of thiophene rings is 1. The molecule has 0 radical (unpaired) electrons. The molecule has 6 heteroatoms. The number of thioether (sulfide) groups is 1. The standard InChI is InChI=1S/C14H15FN2OS2/c15-9-2-1-3-10-11(9)12(16)13(20-10)14(18)17-6-8-4-5-19-7-8/h1-3,8H,4-7,16H2,(H,17,18). The predicted octanol–water partition coefficient (Wildman–Crippen LogP) is 3.11. The van der Waals surface area contributed by atoms with Crippen molar-refractivity contribution in [2.75, 3.05) is 23.8 Å². The van der Waals surface area contributed by atoms with Crippen LogP contribution in [-0.4, -0.2) is 24.0 Å². The number of fused-ring (bicyclic) bond motifs is 1. The van der Waals surface area contributed by atoms with Gasteiger partial charge < -0.3 is 11.1 Å². The van der Waals surface area contributed by atoms with E-state index in [0.717, 1.165) is 17.9 Å². The Bertz CT molecular complexity index is 650. The highest BCUT2D eigenvalue weighted by Gasteiger charge is 2.21. The first kappa shape index (κ1) is 13.7. The highest BCUT2D eigenvalue weighted by Crippen LogP contribution is 2.35. The number of anilines is 1. The summed E-state index contributed by atoms with van der Waals surface area (Å²) in [6.45, 7) is 0.669. The number of amides is 1. The minimum Gasteiger partial charge on any atom is -0.397 e. The molecule has 2 aromatic rings. The zero-order valence-corrected chi connectivity index (χ0v) is 12.5. The fourth-order valence-electron chi connectivity index (χ4n) is 2.36. The van der Waals surface area contributed by atoms with Crippen LogP contribution in [0.2, 0.25) is 0 Å². The highest BCUT2D eigenvalue weighted by molar-refractivity contribution is 7.99. The van der Waals surface area contributed by atoms with Crippen LogP contribution in [0.25, 0.3) is 10.1 Å². The van der Waals surface area contributed by atoms with E-state index in [2.05, 4.69) is 5.32 Å². The van der Waals surface area contributed by atoms with Crippen LogP contribution in [0.15, 0.2) is 18.2 Å². The molecule has 3 N–H and O–H groups in total. The summed E-state index contributed by atoms with van der Waals surface area (Å²) in [5, 5.41) is 3.28. The monoisotopic (exact) mass is 310 g/mol. The summed E-state index contributed by atoms with van der Waals surface area (Å²) in [6, 6.07) is 4.78. The quantitative estimate of drug-likeness (QED) is 0.916. The van der Waals surface area contributed by atoms with Gasteiger partial charge in [-0.2, -0.15) is 11.8 Å². The van der Waals surface area contributed by atoms with E-state index in [1.807, 2.05) is 11.8 Å². The lowest BCUT2D eigenvalue weighted by Gasteiger charge is -2.09. The molecule has 0 bridgehead atoms. The first-order valence-electron chi connectivity index (χ1n) is 6.49. The first-order valence-corrected chi connectivity index (χ1v) is 8.46. The van der Waals surface area contributed by atoms with E-state index in [9.17, 15) is 9.18 Å². The second kappa shape index (κ2) is 5.61. The smallest absolute Gasteiger partial charge is 0.263 e. The van der Waals surface area contributed by atoms with Crippen molar-refractivity contribution in [2.45, 2.75) is 6.42 Å². The van der Waals surface area contributed by atoms with E-state index in [4.69, 9.17) is 5.73 Å². The number of nitrogens with two attached hydrogens (primary N) is 1. The van der Waals surface area contributed by atoms with Gasteiger partial charge in [0.15, 0.2) is 0 Å². The molecular weight excluding hydrogens is 295 g/mol. The van der Waals surface area contributed by atoms with Crippen molar-refractivity contribution in [1.82, 2.24) is 5.32 Å². The van der Waals surface area contributed by atoms with Gasteiger partial charge in [0.1, 0.15) is 10.7 Å². The van der Waals surface area contributed by atoms with Gasteiger partial charge in [0.2, 0.25) is 0 Å².